The summed E-state index contributed by atoms with van der Waals surface area (Å²) in [6.45, 7) is 62.7. The van der Waals surface area contributed by atoms with Gasteiger partial charge in [0.25, 0.3) is 0 Å². The molecule has 0 spiro atoms. The lowest BCUT2D eigenvalue weighted by Gasteiger charge is -2.09. The van der Waals surface area contributed by atoms with Crippen molar-refractivity contribution < 1.29 is 33.5 Å². The zero-order valence-corrected chi connectivity index (χ0v) is 49.7. The van der Waals surface area contributed by atoms with E-state index in [9.17, 15) is 0 Å². The highest BCUT2D eigenvalue weighted by atomic mass is 16.5. The van der Waals surface area contributed by atoms with E-state index in [0.717, 1.165) is 81.0 Å². The summed E-state index contributed by atoms with van der Waals surface area (Å²) in [5.74, 6) is 5.31. The summed E-state index contributed by atoms with van der Waals surface area (Å²) in [6.07, 6.45) is 13.6. The van der Waals surface area contributed by atoms with Gasteiger partial charge in [-0.05, 0) is 95.8 Å². The third-order valence-corrected chi connectivity index (χ3v) is 9.62. The monoisotopic (exact) mass is 917 g/mol. The van der Waals surface area contributed by atoms with Gasteiger partial charge in [0.1, 0.15) is 0 Å². The van der Waals surface area contributed by atoms with E-state index in [1.807, 2.05) is 13.8 Å². The number of aliphatic hydroxyl groups is 1. The Morgan fingerprint density at radius 2 is 0.524 bits per heavy atom. The van der Waals surface area contributed by atoms with Crippen molar-refractivity contribution in [2.75, 3.05) is 60.5 Å². The van der Waals surface area contributed by atoms with Gasteiger partial charge >= 0.3 is 0 Å². The molecule has 0 radical (unpaired) electrons. The van der Waals surface area contributed by atoms with Crippen LogP contribution in [0.25, 0.3) is 0 Å². The van der Waals surface area contributed by atoms with Crippen molar-refractivity contribution in [2.24, 2.45) is 35.5 Å². The van der Waals surface area contributed by atoms with E-state index >= 15 is 0 Å². The van der Waals surface area contributed by atoms with Crippen LogP contribution in [0.5, 0.6) is 0 Å². The maximum atomic E-state index is 8.29. The van der Waals surface area contributed by atoms with Crippen molar-refractivity contribution in [1.29, 1.82) is 0 Å². The van der Waals surface area contributed by atoms with Crippen LogP contribution in [0.4, 0.5) is 0 Å². The fraction of sp³-hybridized carbons (Fsp3) is 1.00. The first-order valence-electron chi connectivity index (χ1n) is 26.4. The van der Waals surface area contributed by atoms with Crippen LogP contribution in [0.2, 0.25) is 0 Å². The molecule has 4 unspecified atom stereocenters. The van der Waals surface area contributed by atoms with Gasteiger partial charge in [0.2, 0.25) is 0 Å². The minimum absolute atomic E-state index is 0.129. The third-order valence-electron chi connectivity index (χ3n) is 9.62. The normalized spacial score (nSPS) is 11.8. The lowest BCUT2D eigenvalue weighted by Crippen LogP contribution is -2.11. The van der Waals surface area contributed by atoms with Gasteiger partial charge in [-0.3, -0.25) is 0 Å². The van der Waals surface area contributed by atoms with Crippen molar-refractivity contribution in [3.8, 4) is 0 Å². The van der Waals surface area contributed by atoms with E-state index in [1.165, 1.54) is 38.5 Å². The van der Waals surface area contributed by atoms with Crippen LogP contribution in [0.3, 0.4) is 0 Å². The smallest absolute Gasteiger partial charge is 0.0704 e. The van der Waals surface area contributed by atoms with Crippen LogP contribution >= 0.6 is 0 Å². The van der Waals surface area contributed by atoms with Gasteiger partial charge in [-0.15, -0.1) is 0 Å². The van der Waals surface area contributed by atoms with Gasteiger partial charge in [0.15, 0.2) is 0 Å². The molecule has 0 saturated carbocycles. The Kier molecular flexibility index (Phi) is 112. The number of methoxy groups -OCH3 is 2. The van der Waals surface area contributed by atoms with Crippen molar-refractivity contribution >= 4 is 0 Å². The lowest BCUT2D eigenvalue weighted by molar-refractivity contribution is 0.0142. The minimum atomic E-state index is 0.129. The van der Waals surface area contributed by atoms with Crippen molar-refractivity contribution in [1.82, 2.24) is 0 Å². The van der Waals surface area contributed by atoms with Crippen LogP contribution in [0.15, 0.2) is 0 Å². The Bertz CT molecular complexity index is 561. The number of aliphatic hydroxyl groups excluding tert-OH is 1. The van der Waals surface area contributed by atoms with Crippen molar-refractivity contribution in [2.45, 2.75) is 276 Å². The van der Waals surface area contributed by atoms with Gasteiger partial charge in [0.05, 0.1) is 64.1 Å². The maximum Gasteiger partial charge on any atom is 0.0704 e. The molecule has 398 valence electrons. The van der Waals surface area contributed by atoms with Gasteiger partial charge in [-0.1, -0.05) is 191 Å². The Labute approximate surface area is 403 Å². The Balaban J connectivity index is -0.0000000627. The molecule has 1 N–H and O–H groups in total. The Morgan fingerprint density at radius 1 is 0.302 bits per heavy atom. The number of ether oxygens (including phenoxy) is 6. The van der Waals surface area contributed by atoms with Crippen LogP contribution in [-0.2, 0) is 28.4 Å². The molecule has 63 heavy (non-hydrogen) atoms. The van der Waals surface area contributed by atoms with Crippen LogP contribution in [0.1, 0.15) is 251 Å². The molecule has 7 heteroatoms. The summed E-state index contributed by atoms with van der Waals surface area (Å²) in [7, 11) is 3.41. The zero-order chi connectivity index (χ0) is 52.0. The second-order valence-electron chi connectivity index (χ2n) is 18.4. The molecule has 0 heterocycles. The topological polar surface area (TPSA) is 75.6 Å². The number of hydrogen-bond donors (Lipinski definition) is 1. The minimum Gasteiger partial charge on any atom is -0.394 e. The molecular formula is C56H132O7. The van der Waals surface area contributed by atoms with Crippen LogP contribution in [-0.4, -0.2) is 90.0 Å². The van der Waals surface area contributed by atoms with E-state index < -0.39 is 0 Å². The van der Waals surface area contributed by atoms with E-state index in [4.69, 9.17) is 33.5 Å². The molecule has 0 amide bonds. The SMILES string of the molecule is CCC(C)C.CCC(C)C.CCC(C)C.CCC(C)C.CCC(C)C.CCC(C)C.CCC(C)OC.CCC(C)OCCO.CCC(C)OCCOC.CCOCCOC(C)CC. The molecule has 0 aliphatic carbocycles. The fourth-order valence-electron chi connectivity index (χ4n) is 1.56. The highest BCUT2D eigenvalue weighted by Crippen LogP contribution is 1.98. The molecule has 0 rings (SSSR count). The summed E-state index contributed by atoms with van der Waals surface area (Å²) in [5.41, 5.74) is 0. The molecule has 7 nitrogen and oxygen atoms in total. The summed E-state index contributed by atoms with van der Waals surface area (Å²) in [6, 6.07) is 0. The summed E-state index contributed by atoms with van der Waals surface area (Å²) >= 11 is 0. The Hall–Kier alpha value is -0.280. The summed E-state index contributed by atoms with van der Waals surface area (Å²) in [4.78, 5) is 0. The molecule has 0 aromatic heterocycles. The highest BCUT2D eigenvalue weighted by molar-refractivity contribution is 4.45. The summed E-state index contributed by atoms with van der Waals surface area (Å²) in [5, 5.41) is 8.29. The molecule has 0 aromatic rings. The standard InChI is InChI=1S/C8H18O2.C7H16O2.C6H14O2.C5H12O.6C5H12/c1-4-8(3)10-7-6-9-5-2;1-4-7(2)9-6-5-8-3;1-3-6(2)8-5-4-7;1-4-5(2)6-3;6*1-4-5(2)3/h8H,4-7H2,1-3H3;7H,4-6H2,1-3H3;6-7H,3-5H2,1-2H3;5H,4H2,1-3H3;6*5H,4H2,1-3H3. The average Bonchev–Trinajstić information content (AvgIpc) is 3.28. The first-order valence-corrected chi connectivity index (χ1v) is 26.4. The number of rotatable bonds is 23. The molecule has 0 aliphatic heterocycles. The summed E-state index contributed by atoms with van der Waals surface area (Å²) < 4.78 is 30.6. The molecule has 0 bridgehead atoms. The molecule has 0 aliphatic rings. The van der Waals surface area contributed by atoms with Crippen LogP contribution in [0, 0.1) is 35.5 Å². The molecule has 0 saturated heterocycles. The second-order valence-corrected chi connectivity index (χ2v) is 18.4. The van der Waals surface area contributed by atoms with Gasteiger partial charge in [-0.2, -0.15) is 0 Å². The molecule has 4 atom stereocenters. The van der Waals surface area contributed by atoms with Crippen molar-refractivity contribution in [3.63, 3.8) is 0 Å². The maximum absolute atomic E-state index is 8.29. The predicted octanol–water partition coefficient (Wildman–Crippen LogP) is 17.8. The van der Waals surface area contributed by atoms with Crippen LogP contribution < -0.4 is 0 Å². The lowest BCUT2D eigenvalue weighted by atomic mass is 10.2. The van der Waals surface area contributed by atoms with Gasteiger partial charge in [-0.25, -0.2) is 0 Å². The quantitative estimate of drug-likeness (QED) is 0.102. The van der Waals surface area contributed by atoms with Crippen molar-refractivity contribution in [3.05, 3.63) is 0 Å². The first-order chi connectivity index (χ1) is 29.4. The molecule has 0 fully saturated rings. The largest absolute Gasteiger partial charge is 0.394 e. The third kappa shape index (κ3) is 163. The van der Waals surface area contributed by atoms with Gasteiger partial charge in [0, 0.05) is 20.8 Å². The van der Waals surface area contributed by atoms with Gasteiger partial charge < -0.3 is 33.5 Å². The average molecular weight is 918 g/mol. The van der Waals surface area contributed by atoms with E-state index in [2.05, 4.69) is 173 Å². The van der Waals surface area contributed by atoms with E-state index in [-0.39, 0.29) is 6.61 Å². The first kappa shape index (κ1) is 86.0. The molecule has 0 aromatic carbocycles. The fourth-order valence-corrected chi connectivity index (χ4v) is 1.56. The highest BCUT2D eigenvalue weighted by Gasteiger charge is 1.97. The molecular weight excluding hydrogens is 785 g/mol. The number of hydrogen-bond acceptors (Lipinski definition) is 7. The predicted molar refractivity (Wildman–Crippen MR) is 290 cm³/mol. The zero-order valence-electron chi connectivity index (χ0n) is 49.7. The second kappa shape index (κ2) is 81.9. The Morgan fingerprint density at radius 3 is 0.667 bits per heavy atom. The van der Waals surface area contributed by atoms with E-state index in [0.29, 0.717) is 44.2 Å². The van der Waals surface area contributed by atoms with E-state index in [1.54, 1.807) is 14.2 Å².